The summed E-state index contributed by atoms with van der Waals surface area (Å²) >= 11 is 0. The van der Waals surface area contributed by atoms with E-state index in [9.17, 15) is 57.5 Å². The molecule has 14 atom stereocenters. The number of hydrogen-bond donors (Lipinski definition) is 19. The molecule has 1 rings (SSSR count). The number of carbonyl (C=O) groups is 13. The zero-order chi connectivity index (χ0) is 83.1. The lowest BCUT2D eigenvalue weighted by Crippen LogP contribution is -2.65. The number of likely N-dealkylation sites (N-methyl/N-ethyl adjacent to an activating group) is 1. The van der Waals surface area contributed by atoms with E-state index in [0.717, 1.165) is 19.3 Å². The van der Waals surface area contributed by atoms with Crippen molar-refractivity contribution in [2.24, 2.45) is 64.0 Å². The number of rotatable bonds is 40. The predicted octanol–water partition coefficient (Wildman–Crippen LogP) is 1.46. The first-order chi connectivity index (χ1) is 52.1. The topological polar surface area (TPSA) is 534 Å². The summed E-state index contributed by atoms with van der Waals surface area (Å²) in [5, 5.41) is 37.0. The number of primary amides is 1. The molecule has 0 saturated carbocycles. The second-order valence-corrected chi connectivity index (χ2v) is 31.5. The third-order valence-electron chi connectivity index (χ3n) is 20.7. The summed E-state index contributed by atoms with van der Waals surface area (Å²) in [5.74, 6) is -11.2. The number of unbranched alkanes of at least 4 members (excludes halogenated alkanes) is 5. The van der Waals surface area contributed by atoms with Gasteiger partial charge in [-0.3, -0.25) is 62.3 Å². The smallest absolute Gasteiger partial charge is 0.246 e. The molecule has 0 bridgehead atoms. The van der Waals surface area contributed by atoms with Gasteiger partial charge in [0, 0.05) is 0 Å². The summed E-state index contributed by atoms with van der Waals surface area (Å²) in [7, 11) is 1.69. The van der Waals surface area contributed by atoms with Gasteiger partial charge in [-0.2, -0.15) is 0 Å². The first-order valence-electron chi connectivity index (χ1n) is 40.9. The summed E-state index contributed by atoms with van der Waals surface area (Å²) in [6, 6.07) is -11.9. The SMILES string of the molecule is CCC(C)[C@@H]1NC(=O)[C@H](CCCCN)NC(=O)[C@H](CCCCN)NC(=O)[C@](C)(NC)CCCCCCC=CCCC[C@@](C)(C(=O)N[C@H](C(=O)N[C@@H](CCCCN)C(=O)NC(C(=O)N[C@H](C(=O)NC(CCCCN)C(N)=O)C(C)C)C(C)C)[C@@H](C)CC)NC(=O)[C@H](CCCCN)NC(=O)CNC(=O)[C@H](CC(C)C)NC1=O. The van der Waals surface area contributed by atoms with Crippen molar-refractivity contribution in [1.82, 2.24) is 69.1 Å². The Labute approximate surface area is 655 Å². The van der Waals surface area contributed by atoms with E-state index >= 15 is 4.79 Å². The highest BCUT2D eigenvalue weighted by atomic mass is 16.2. The Balaban J connectivity index is 3.99. The third kappa shape index (κ3) is 37.8. The first kappa shape index (κ1) is 101. The minimum absolute atomic E-state index is 0.0305. The largest absolute Gasteiger partial charge is 0.368 e. The molecule has 0 aliphatic carbocycles. The minimum Gasteiger partial charge on any atom is -0.368 e. The van der Waals surface area contributed by atoms with Crippen molar-refractivity contribution in [1.29, 1.82) is 0 Å². The van der Waals surface area contributed by atoms with Crippen molar-refractivity contribution >= 4 is 76.8 Å². The quantitative estimate of drug-likeness (QED) is 0.0305. The molecule has 1 aliphatic heterocycles. The van der Waals surface area contributed by atoms with Gasteiger partial charge >= 0.3 is 0 Å². The summed E-state index contributed by atoms with van der Waals surface area (Å²) in [4.78, 5) is 186. The average Bonchev–Trinajstić information content (AvgIpc) is 0.819. The standard InChI is InChI=1S/C78H147N19O13/c1-14-52(9)63-73(107)91-59(47-49(3)4)66(100)86-48-60(98)87-58(39-27-34-46-83)70(104)97-78(12,41-29-22-20-18-16-17-19-21-28-40-77(11,85-13)75(109)92-57(38-26-33-45-82)67(101)89-55(69(103)95-63)36-24-31-43-80)76(110)96-64(53(10)15-2)74(108)90-56(37-25-32-44-81)68(102)93-62(51(7)8)72(106)94-61(50(5)6)71(105)88-54(65(84)99)35-23-30-42-79/h18,20,49-59,61-64,85H,14-17,19,21-48,79-83H2,1-13H3,(H2,84,99)(H,86,100)(H,87,98)(H,88,105)(H,89,101)(H,90,108)(H,91,107)(H,92,109)(H,93,102)(H,94,106)(H,95,103)(H,96,110)(H,97,104)/t52?,53-,54?,55-,56-,57-,58-,59-,61-,62?,63-,64-,77+,78-/m0/s1. The molecular weight excluding hydrogens is 1410 g/mol. The van der Waals surface area contributed by atoms with Crippen LogP contribution in [-0.2, 0) is 62.3 Å². The maximum Gasteiger partial charge on any atom is 0.246 e. The molecule has 110 heavy (non-hydrogen) atoms. The van der Waals surface area contributed by atoms with E-state index in [1.165, 1.54) is 6.92 Å². The van der Waals surface area contributed by atoms with E-state index in [0.29, 0.717) is 129 Å². The van der Waals surface area contributed by atoms with Gasteiger partial charge in [-0.1, -0.05) is 113 Å². The van der Waals surface area contributed by atoms with Crippen molar-refractivity contribution < 1.29 is 62.3 Å². The fraction of sp³-hybridized carbons (Fsp3) is 0.808. The van der Waals surface area contributed by atoms with E-state index in [1.807, 2.05) is 39.8 Å². The van der Waals surface area contributed by atoms with Gasteiger partial charge in [-0.15, -0.1) is 0 Å². The number of amides is 13. The van der Waals surface area contributed by atoms with Gasteiger partial charge in [0.05, 0.1) is 12.1 Å². The van der Waals surface area contributed by atoms with Crippen LogP contribution in [0.25, 0.3) is 0 Å². The molecule has 0 spiro atoms. The van der Waals surface area contributed by atoms with Crippen molar-refractivity contribution in [3.8, 4) is 0 Å². The number of hydrogen-bond acceptors (Lipinski definition) is 19. The Kier molecular flexibility index (Phi) is 50.4. The van der Waals surface area contributed by atoms with Crippen LogP contribution in [0.4, 0.5) is 0 Å². The van der Waals surface area contributed by atoms with Crippen molar-refractivity contribution in [2.75, 3.05) is 46.3 Å². The molecular formula is C78H147N19O13. The fourth-order valence-corrected chi connectivity index (χ4v) is 12.8. The van der Waals surface area contributed by atoms with Crippen LogP contribution in [-0.4, -0.2) is 195 Å². The molecule has 25 N–H and O–H groups in total. The highest BCUT2D eigenvalue weighted by Gasteiger charge is 2.42. The first-order valence-corrected chi connectivity index (χ1v) is 40.9. The maximum absolute atomic E-state index is 15.3. The van der Waals surface area contributed by atoms with Gasteiger partial charge in [0.25, 0.3) is 0 Å². The summed E-state index contributed by atoms with van der Waals surface area (Å²) in [5.41, 5.74) is 32.0. The van der Waals surface area contributed by atoms with Crippen LogP contribution in [0.15, 0.2) is 12.2 Å². The Hall–Kier alpha value is -7.39. The van der Waals surface area contributed by atoms with E-state index in [1.54, 1.807) is 55.5 Å². The van der Waals surface area contributed by atoms with Gasteiger partial charge in [0.2, 0.25) is 76.8 Å². The van der Waals surface area contributed by atoms with Gasteiger partial charge in [0.15, 0.2) is 0 Å². The maximum atomic E-state index is 15.3. The lowest BCUT2D eigenvalue weighted by Gasteiger charge is -2.35. The molecule has 0 aromatic heterocycles. The molecule has 1 aliphatic rings. The lowest BCUT2D eigenvalue weighted by molar-refractivity contribution is -0.139. The van der Waals surface area contributed by atoms with Crippen molar-refractivity contribution in [3.05, 3.63) is 12.2 Å². The van der Waals surface area contributed by atoms with Gasteiger partial charge in [-0.25, -0.2) is 0 Å². The van der Waals surface area contributed by atoms with Crippen LogP contribution in [0.1, 0.15) is 256 Å². The monoisotopic (exact) mass is 1560 g/mol. The van der Waals surface area contributed by atoms with E-state index in [4.69, 9.17) is 34.4 Å². The van der Waals surface area contributed by atoms with E-state index in [-0.39, 0.29) is 64.0 Å². The van der Waals surface area contributed by atoms with Crippen LogP contribution in [0, 0.1) is 29.6 Å². The van der Waals surface area contributed by atoms with E-state index < -0.39 is 179 Å². The molecule has 0 radical (unpaired) electrons. The zero-order valence-electron chi connectivity index (χ0n) is 68.9. The molecule has 632 valence electrons. The Morgan fingerprint density at radius 3 is 1.45 bits per heavy atom. The second kappa shape index (κ2) is 55.1. The van der Waals surface area contributed by atoms with Crippen LogP contribution < -0.4 is 104 Å². The van der Waals surface area contributed by atoms with Gasteiger partial charge in [0.1, 0.15) is 66.0 Å². The average molecular weight is 1560 g/mol. The van der Waals surface area contributed by atoms with Crippen LogP contribution in [0.2, 0.25) is 0 Å². The molecule has 0 saturated heterocycles. The fourth-order valence-electron chi connectivity index (χ4n) is 12.8. The number of carbonyl (C=O) groups excluding carboxylic acids is 13. The third-order valence-corrected chi connectivity index (χ3v) is 20.7. The number of allylic oxidation sites excluding steroid dienone is 2. The Morgan fingerprint density at radius 1 is 0.482 bits per heavy atom. The number of nitrogens with two attached hydrogens (primary N) is 6. The Morgan fingerprint density at radius 2 is 0.945 bits per heavy atom. The van der Waals surface area contributed by atoms with E-state index in [2.05, 4.69) is 69.1 Å². The molecule has 32 nitrogen and oxygen atoms in total. The van der Waals surface area contributed by atoms with Crippen molar-refractivity contribution in [2.45, 2.75) is 328 Å². The summed E-state index contributed by atoms with van der Waals surface area (Å²) < 4.78 is 0. The second-order valence-electron chi connectivity index (χ2n) is 31.5. The van der Waals surface area contributed by atoms with Gasteiger partial charge in [-0.05, 0) is 224 Å². The molecule has 0 aromatic rings. The molecule has 0 fully saturated rings. The molecule has 1 heterocycles. The van der Waals surface area contributed by atoms with Crippen LogP contribution >= 0.6 is 0 Å². The highest BCUT2D eigenvalue weighted by Crippen LogP contribution is 2.22. The highest BCUT2D eigenvalue weighted by molar-refractivity contribution is 6.00. The summed E-state index contributed by atoms with van der Waals surface area (Å²) in [6.45, 7) is 21.9. The predicted molar refractivity (Wildman–Crippen MR) is 429 cm³/mol. The minimum atomic E-state index is -1.76. The molecule has 13 amide bonds. The molecule has 3 unspecified atom stereocenters. The summed E-state index contributed by atoms with van der Waals surface area (Å²) in [6.07, 6.45) is 15.6. The van der Waals surface area contributed by atoms with Crippen LogP contribution in [0.5, 0.6) is 0 Å². The lowest BCUT2D eigenvalue weighted by atomic mass is 9.90. The normalized spacial score (nSPS) is 23.1. The molecule has 32 heteroatoms. The van der Waals surface area contributed by atoms with Crippen LogP contribution in [0.3, 0.4) is 0 Å². The molecule has 0 aromatic carbocycles. The zero-order valence-corrected chi connectivity index (χ0v) is 68.9. The number of nitrogens with one attached hydrogen (secondary N) is 13. The van der Waals surface area contributed by atoms with Gasteiger partial charge < -0.3 is 104 Å². The van der Waals surface area contributed by atoms with Crippen molar-refractivity contribution in [3.63, 3.8) is 0 Å². The Bertz CT molecular complexity index is 2870.